The van der Waals surface area contributed by atoms with Gasteiger partial charge >= 0.3 is 6.09 Å². The van der Waals surface area contributed by atoms with Gasteiger partial charge in [0.1, 0.15) is 33.7 Å². The number of benzene rings is 5. The highest BCUT2D eigenvalue weighted by atomic mass is 32.2. The number of hydrogen-bond acceptors (Lipinski definition) is 12. The molecule has 310 valence electrons. The Morgan fingerprint density at radius 2 is 1.33 bits per heavy atom. The zero-order chi connectivity index (χ0) is 42.6. The highest BCUT2D eigenvalue weighted by Crippen LogP contribution is 2.43. The largest absolute Gasteiger partial charge is 0.497 e. The molecule has 2 heterocycles. The van der Waals surface area contributed by atoms with Gasteiger partial charge in [-0.15, -0.1) is 5.10 Å². The van der Waals surface area contributed by atoms with Gasteiger partial charge in [0.05, 0.1) is 38.3 Å². The van der Waals surface area contributed by atoms with Crippen LogP contribution in [0.5, 0.6) is 17.2 Å². The molecule has 1 aromatic heterocycles. The molecule has 16 nitrogen and oxygen atoms in total. The average molecular weight is 853 g/mol. The second-order valence-corrected chi connectivity index (χ2v) is 18.0. The molecule has 0 bridgehead atoms. The van der Waals surface area contributed by atoms with E-state index in [1.54, 1.807) is 97.1 Å². The van der Waals surface area contributed by atoms with Gasteiger partial charge < -0.3 is 24.2 Å². The summed E-state index contributed by atoms with van der Waals surface area (Å²) in [4.78, 5) is 23.6. The molecular weight excluding hydrogens is 813 g/mol. The third-order valence-electron chi connectivity index (χ3n) is 10.2. The number of ether oxygens (including phenoxy) is 3. The van der Waals surface area contributed by atoms with Gasteiger partial charge in [-0.05, 0) is 86.8 Å². The van der Waals surface area contributed by atoms with Crippen molar-refractivity contribution in [1.29, 1.82) is 0 Å². The van der Waals surface area contributed by atoms with Gasteiger partial charge in [-0.3, -0.25) is 4.79 Å². The van der Waals surface area contributed by atoms with E-state index >= 15 is 8.42 Å². The van der Waals surface area contributed by atoms with E-state index in [-0.39, 0.29) is 55.2 Å². The van der Waals surface area contributed by atoms with Crippen LogP contribution < -0.4 is 14.2 Å². The number of amides is 1. The van der Waals surface area contributed by atoms with E-state index in [1.165, 1.54) is 42.4 Å². The van der Waals surface area contributed by atoms with Gasteiger partial charge in [0.15, 0.2) is 15.7 Å². The van der Waals surface area contributed by atoms with Crippen LogP contribution in [0, 0.1) is 0 Å². The van der Waals surface area contributed by atoms with Crippen molar-refractivity contribution in [2.24, 2.45) is 0 Å². The van der Waals surface area contributed by atoms with Crippen LogP contribution >= 0.6 is 0 Å². The molecule has 0 radical (unpaired) electrons. The van der Waals surface area contributed by atoms with E-state index in [2.05, 4.69) is 15.5 Å². The number of tetrazole rings is 1. The molecule has 1 fully saturated rings. The zero-order valence-corrected chi connectivity index (χ0v) is 34.3. The molecule has 0 saturated carbocycles. The number of carbonyl (C=O) groups is 2. The zero-order valence-electron chi connectivity index (χ0n) is 32.7. The van der Waals surface area contributed by atoms with Crippen LogP contribution in [0.1, 0.15) is 27.0 Å². The first kappa shape index (κ1) is 41.5. The van der Waals surface area contributed by atoms with Gasteiger partial charge in [0, 0.05) is 31.7 Å². The van der Waals surface area contributed by atoms with Crippen molar-refractivity contribution >= 4 is 32.2 Å². The van der Waals surface area contributed by atoms with Crippen molar-refractivity contribution in [2.75, 3.05) is 34.4 Å². The second-order valence-electron chi connectivity index (χ2n) is 13.9. The van der Waals surface area contributed by atoms with Crippen molar-refractivity contribution in [3.8, 4) is 39.8 Å². The number of sulfonamides is 1. The first-order chi connectivity index (χ1) is 28.9. The summed E-state index contributed by atoms with van der Waals surface area (Å²) < 4.78 is 79.9. The SMILES string of the molecule is COc1ccc(CN(Cc2ccc(OC)cc2)S(=O)(=O)c2c(S(=O)(=O)C3CN(C(=O)O)C3)ccc(-c3cccc(C=O)c3)c2-c2nnnn2Cc2ccc(OC)cc2)cc1. The first-order valence-electron chi connectivity index (χ1n) is 18.5. The number of sulfone groups is 1. The Labute approximate surface area is 346 Å². The lowest BCUT2D eigenvalue weighted by Gasteiger charge is -2.37. The summed E-state index contributed by atoms with van der Waals surface area (Å²) in [6.07, 6.45) is -0.660. The Hall–Kier alpha value is -6.63. The molecule has 6 aromatic rings. The smallest absolute Gasteiger partial charge is 0.407 e. The summed E-state index contributed by atoms with van der Waals surface area (Å²) in [6.45, 7) is -1.13. The lowest BCUT2D eigenvalue weighted by atomic mass is 9.97. The summed E-state index contributed by atoms with van der Waals surface area (Å²) in [6, 6.07) is 29.7. The summed E-state index contributed by atoms with van der Waals surface area (Å²) in [5.74, 6) is 1.61. The van der Waals surface area contributed by atoms with Crippen LogP contribution in [-0.4, -0.2) is 103 Å². The third-order valence-corrected chi connectivity index (χ3v) is 14.3. The van der Waals surface area contributed by atoms with Crippen molar-refractivity contribution in [1.82, 2.24) is 29.4 Å². The molecule has 1 amide bonds. The maximum Gasteiger partial charge on any atom is 0.407 e. The molecular formula is C42H40N6O10S2. The molecule has 0 atom stereocenters. The van der Waals surface area contributed by atoms with Crippen LogP contribution in [0.25, 0.3) is 22.5 Å². The fourth-order valence-electron chi connectivity index (χ4n) is 6.87. The topological polar surface area (TPSA) is 200 Å². The molecule has 1 N–H and O–H groups in total. The Morgan fingerprint density at radius 1 is 0.783 bits per heavy atom. The number of carboxylic acid groups (broad SMARTS) is 1. The summed E-state index contributed by atoms with van der Waals surface area (Å²) in [5, 5.41) is 20.9. The van der Waals surface area contributed by atoms with E-state index in [9.17, 15) is 23.1 Å². The number of methoxy groups -OCH3 is 3. The molecule has 18 heteroatoms. The van der Waals surface area contributed by atoms with E-state index in [1.807, 2.05) is 0 Å². The van der Waals surface area contributed by atoms with Crippen molar-refractivity contribution < 1.29 is 45.7 Å². The minimum atomic E-state index is -4.92. The van der Waals surface area contributed by atoms with Gasteiger partial charge in [-0.25, -0.2) is 26.3 Å². The monoisotopic (exact) mass is 852 g/mol. The van der Waals surface area contributed by atoms with Crippen molar-refractivity contribution in [2.45, 2.75) is 34.7 Å². The molecule has 1 aliphatic heterocycles. The molecule has 0 aliphatic carbocycles. The van der Waals surface area contributed by atoms with Gasteiger partial charge in [0.25, 0.3) is 0 Å². The highest BCUT2D eigenvalue weighted by molar-refractivity contribution is 7.94. The molecule has 60 heavy (non-hydrogen) atoms. The number of carbonyl (C=O) groups excluding carboxylic acids is 1. The fourth-order valence-corrected chi connectivity index (χ4v) is 10.9. The van der Waals surface area contributed by atoms with E-state index in [0.29, 0.717) is 45.8 Å². The maximum absolute atomic E-state index is 15.9. The highest BCUT2D eigenvalue weighted by Gasteiger charge is 2.45. The lowest BCUT2D eigenvalue weighted by molar-refractivity contribution is 0.112. The molecule has 7 rings (SSSR count). The standard InChI is InChI=1S/C42H40N6O10S2/c1-56-33-13-7-28(8-14-33)22-47(23-29-9-15-34(57-2)16-10-29)60(54,55)40-38(59(52,53)36-25-46(26-36)42(50)51)20-19-37(32-6-4-5-31(21-32)27-49)39(40)41-43-44-45-48(41)24-30-11-17-35(58-3)18-12-30/h4-21,27,36H,22-26H2,1-3H3,(H,50,51). The van der Waals surface area contributed by atoms with Crippen LogP contribution in [0.15, 0.2) is 119 Å². The maximum atomic E-state index is 15.9. The fraction of sp³-hybridized carbons (Fsp3) is 0.214. The van der Waals surface area contributed by atoms with Gasteiger partial charge in [0.2, 0.25) is 10.0 Å². The third kappa shape index (κ3) is 8.43. The number of aromatic nitrogens is 4. The van der Waals surface area contributed by atoms with Crippen LogP contribution in [0.4, 0.5) is 4.79 Å². The summed E-state index contributed by atoms with van der Waals surface area (Å²) >= 11 is 0. The predicted octanol–water partition coefficient (Wildman–Crippen LogP) is 5.42. The second kappa shape index (κ2) is 17.3. The molecule has 5 aromatic carbocycles. The molecule has 0 unspecified atom stereocenters. The Kier molecular flexibility index (Phi) is 12.0. The molecule has 1 aliphatic rings. The van der Waals surface area contributed by atoms with Gasteiger partial charge in [-0.2, -0.15) is 4.31 Å². The Balaban J connectivity index is 1.51. The number of aldehydes is 1. The average Bonchev–Trinajstić information content (AvgIpc) is 3.70. The summed E-state index contributed by atoms with van der Waals surface area (Å²) in [5.41, 5.74) is 2.58. The quantitative estimate of drug-likeness (QED) is 0.121. The predicted molar refractivity (Wildman–Crippen MR) is 219 cm³/mol. The minimum absolute atomic E-state index is 0.0359. The van der Waals surface area contributed by atoms with Crippen LogP contribution in [0.2, 0.25) is 0 Å². The molecule has 0 spiro atoms. The van der Waals surface area contributed by atoms with Gasteiger partial charge in [-0.1, -0.05) is 60.7 Å². The van der Waals surface area contributed by atoms with E-state index < -0.39 is 41.0 Å². The number of likely N-dealkylation sites (tertiary alicyclic amines) is 1. The number of nitrogens with zero attached hydrogens (tertiary/aromatic N) is 6. The van der Waals surface area contributed by atoms with Crippen molar-refractivity contribution in [3.63, 3.8) is 0 Å². The Bertz CT molecular complexity index is 2690. The summed E-state index contributed by atoms with van der Waals surface area (Å²) in [7, 11) is -4.94. The Morgan fingerprint density at radius 3 is 1.85 bits per heavy atom. The first-order valence-corrected chi connectivity index (χ1v) is 21.4. The van der Waals surface area contributed by atoms with E-state index in [4.69, 9.17) is 14.2 Å². The van der Waals surface area contributed by atoms with Crippen LogP contribution in [-0.2, 0) is 39.5 Å². The van der Waals surface area contributed by atoms with E-state index in [0.717, 1.165) is 4.90 Å². The minimum Gasteiger partial charge on any atom is -0.497 e. The van der Waals surface area contributed by atoms with Crippen LogP contribution in [0.3, 0.4) is 0 Å². The lowest BCUT2D eigenvalue weighted by Crippen LogP contribution is -2.56. The van der Waals surface area contributed by atoms with Crippen molar-refractivity contribution in [3.05, 3.63) is 131 Å². The number of hydrogen-bond donors (Lipinski definition) is 1. The molecule has 1 saturated heterocycles. The number of rotatable bonds is 16. The normalized spacial score (nSPS) is 13.2.